The molecule has 0 saturated carbocycles. The molecule has 0 radical (unpaired) electrons. The topological polar surface area (TPSA) is 0 Å². The predicted molar refractivity (Wildman–Crippen MR) is 181 cm³/mol. The van der Waals surface area contributed by atoms with Crippen molar-refractivity contribution in [1.82, 2.24) is 0 Å². The molecule has 2 rings (SSSR count). The highest BCUT2D eigenvalue weighted by molar-refractivity contribution is 5.34. The first-order valence-electron chi connectivity index (χ1n) is 15.6. The molecule has 0 saturated heterocycles. The van der Waals surface area contributed by atoms with Crippen molar-refractivity contribution in [2.24, 2.45) is 16.7 Å². The van der Waals surface area contributed by atoms with Crippen molar-refractivity contribution in [2.75, 3.05) is 0 Å². The molecule has 218 valence electrons. The Hall–Kier alpha value is -2.60. The van der Waals surface area contributed by atoms with Crippen LogP contribution in [0.4, 0.5) is 0 Å². The van der Waals surface area contributed by atoms with Crippen molar-refractivity contribution in [3.05, 3.63) is 118 Å². The summed E-state index contributed by atoms with van der Waals surface area (Å²) in [5.41, 5.74) is 10.8. The summed E-state index contributed by atoms with van der Waals surface area (Å²) in [6, 6.07) is 0. The Morgan fingerprint density at radius 2 is 1.57 bits per heavy atom. The minimum atomic E-state index is 0.200. The Bertz CT molecular complexity index is 1150. The second kappa shape index (κ2) is 16.0. The number of hydrogen-bond acceptors (Lipinski definition) is 0. The molecule has 0 nitrogen and oxygen atoms in total. The van der Waals surface area contributed by atoms with Gasteiger partial charge in [0.15, 0.2) is 0 Å². The van der Waals surface area contributed by atoms with Crippen LogP contribution in [-0.4, -0.2) is 0 Å². The lowest BCUT2D eigenvalue weighted by Gasteiger charge is -2.33. The van der Waals surface area contributed by atoms with Crippen LogP contribution in [0.5, 0.6) is 0 Å². The third-order valence-electron chi connectivity index (χ3n) is 8.61. The van der Waals surface area contributed by atoms with Crippen LogP contribution in [-0.2, 0) is 0 Å². The van der Waals surface area contributed by atoms with Gasteiger partial charge in [-0.15, -0.1) is 0 Å². The van der Waals surface area contributed by atoms with Crippen molar-refractivity contribution in [1.29, 1.82) is 0 Å². The summed E-state index contributed by atoms with van der Waals surface area (Å²) >= 11 is 0. The highest BCUT2D eigenvalue weighted by Crippen LogP contribution is 2.41. The van der Waals surface area contributed by atoms with Crippen LogP contribution >= 0.6 is 0 Å². The van der Waals surface area contributed by atoms with E-state index in [4.69, 9.17) is 0 Å². The van der Waals surface area contributed by atoms with E-state index < -0.39 is 0 Å². The summed E-state index contributed by atoms with van der Waals surface area (Å²) in [4.78, 5) is 0. The maximum Gasteiger partial charge on any atom is 0.00371 e. The van der Waals surface area contributed by atoms with Crippen LogP contribution in [0.2, 0.25) is 0 Å². The van der Waals surface area contributed by atoms with E-state index in [-0.39, 0.29) is 5.41 Å². The molecule has 0 bridgehead atoms. The molecular weight excluding hydrogens is 480 g/mol. The average Bonchev–Trinajstić information content (AvgIpc) is 2.85. The Balaban J connectivity index is 1.79. The molecule has 1 atom stereocenters. The van der Waals surface area contributed by atoms with Crippen molar-refractivity contribution < 1.29 is 0 Å². The van der Waals surface area contributed by atoms with Gasteiger partial charge in [-0.2, -0.15) is 0 Å². The molecule has 0 aliphatic heterocycles. The van der Waals surface area contributed by atoms with E-state index in [2.05, 4.69) is 148 Å². The van der Waals surface area contributed by atoms with E-state index in [1.165, 1.54) is 36.0 Å². The van der Waals surface area contributed by atoms with Crippen molar-refractivity contribution in [2.45, 2.75) is 114 Å². The molecule has 0 fully saturated rings. The smallest absolute Gasteiger partial charge is 0.00371 e. The first kappa shape index (κ1) is 33.6. The zero-order valence-corrected chi connectivity index (χ0v) is 27.5. The maximum absolute atomic E-state index is 2.41. The summed E-state index contributed by atoms with van der Waals surface area (Å²) < 4.78 is 0. The molecule has 0 aromatic rings. The fraction of sp³-hybridized carbons (Fsp3) is 0.500. The third-order valence-corrected chi connectivity index (χ3v) is 8.61. The number of rotatable bonds is 12. The largest absolute Gasteiger partial charge is 0.0837 e. The van der Waals surface area contributed by atoms with Gasteiger partial charge in [0.1, 0.15) is 0 Å². The van der Waals surface area contributed by atoms with Gasteiger partial charge in [0.05, 0.1) is 0 Å². The third kappa shape index (κ3) is 11.5. The SMILES string of the molecule is CC1=C(CC/C(C)=C/C=C/C(C)=C\C=C\C=C(/C)C=CCC(C)/C=C/C2=C(C)CCCC2(C)C)C(C)(C)C=CC1. The van der Waals surface area contributed by atoms with Crippen LogP contribution in [0.25, 0.3) is 0 Å². The quantitative estimate of drug-likeness (QED) is 0.171. The minimum absolute atomic E-state index is 0.200. The minimum Gasteiger partial charge on any atom is -0.0837 e. The normalized spacial score (nSPS) is 21.7. The Labute approximate surface area is 248 Å². The maximum atomic E-state index is 2.41. The molecule has 40 heavy (non-hydrogen) atoms. The molecule has 0 spiro atoms. The molecule has 0 aromatic heterocycles. The van der Waals surface area contributed by atoms with E-state index in [1.807, 2.05) is 0 Å². The monoisotopic (exact) mass is 538 g/mol. The van der Waals surface area contributed by atoms with E-state index >= 15 is 0 Å². The van der Waals surface area contributed by atoms with Crippen molar-refractivity contribution in [3.63, 3.8) is 0 Å². The van der Waals surface area contributed by atoms with E-state index in [1.54, 1.807) is 22.3 Å². The summed E-state index contributed by atoms with van der Waals surface area (Å²) in [5.74, 6) is 0.546. The summed E-state index contributed by atoms with van der Waals surface area (Å²) in [6.07, 6.45) is 37.7. The highest BCUT2D eigenvalue weighted by Gasteiger charge is 2.26. The lowest BCUT2D eigenvalue weighted by molar-refractivity contribution is 0.376. The first-order chi connectivity index (χ1) is 18.8. The molecule has 0 amide bonds. The average molecular weight is 539 g/mol. The molecule has 0 heterocycles. The number of allylic oxidation sites excluding steroid dienone is 20. The summed E-state index contributed by atoms with van der Waals surface area (Å²) in [5, 5.41) is 0. The Morgan fingerprint density at radius 1 is 0.900 bits per heavy atom. The fourth-order valence-corrected chi connectivity index (χ4v) is 5.95. The van der Waals surface area contributed by atoms with Gasteiger partial charge >= 0.3 is 0 Å². The fourth-order valence-electron chi connectivity index (χ4n) is 5.95. The van der Waals surface area contributed by atoms with Gasteiger partial charge in [0, 0.05) is 5.41 Å². The lowest BCUT2D eigenvalue weighted by Crippen LogP contribution is -2.19. The highest BCUT2D eigenvalue weighted by atomic mass is 14.3. The van der Waals surface area contributed by atoms with Gasteiger partial charge in [-0.3, -0.25) is 0 Å². The van der Waals surface area contributed by atoms with Gasteiger partial charge in [0.25, 0.3) is 0 Å². The summed E-state index contributed by atoms with van der Waals surface area (Å²) in [7, 11) is 0. The molecule has 0 heteroatoms. The van der Waals surface area contributed by atoms with E-state index in [0.29, 0.717) is 11.3 Å². The second-order valence-electron chi connectivity index (χ2n) is 13.6. The lowest BCUT2D eigenvalue weighted by atomic mass is 9.72. The van der Waals surface area contributed by atoms with Crippen LogP contribution in [0.3, 0.4) is 0 Å². The second-order valence-corrected chi connectivity index (χ2v) is 13.6. The van der Waals surface area contributed by atoms with Crippen LogP contribution < -0.4 is 0 Å². The first-order valence-corrected chi connectivity index (χ1v) is 15.6. The van der Waals surface area contributed by atoms with Crippen molar-refractivity contribution >= 4 is 0 Å². The predicted octanol–water partition coefficient (Wildman–Crippen LogP) is 12.7. The summed E-state index contributed by atoms with van der Waals surface area (Å²) in [6.45, 7) is 23.0. The van der Waals surface area contributed by atoms with Crippen LogP contribution in [0.1, 0.15) is 114 Å². The van der Waals surface area contributed by atoms with Crippen LogP contribution in [0.15, 0.2) is 118 Å². The standard InChI is InChI=1S/C40H58/c1-31(19-13-21-33(3)25-27-37-35(5)23-15-29-39(37,7)8)17-11-12-18-32(2)20-14-22-34(4)26-28-38-36(6)24-16-30-40(38,9)10/h11-15,17-21,26,28-29,34H,16,22-25,27,30H2,1-10H3/b12-11+,19-13+,20-14?,28-26+,31-17-,32-18+,33-21+. The van der Waals surface area contributed by atoms with E-state index in [0.717, 1.165) is 25.7 Å². The van der Waals surface area contributed by atoms with Gasteiger partial charge in [-0.05, 0) is 96.5 Å². The van der Waals surface area contributed by atoms with Gasteiger partial charge < -0.3 is 0 Å². The number of hydrogen-bond donors (Lipinski definition) is 0. The zero-order valence-electron chi connectivity index (χ0n) is 27.5. The Morgan fingerprint density at radius 3 is 2.23 bits per heavy atom. The van der Waals surface area contributed by atoms with Crippen LogP contribution in [0, 0.1) is 16.7 Å². The van der Waals surface area contributed by atoms with Gasteiger partial charge in [0.2, 0.25) is 0 Å². The molecule has 2 aliphatic rings. The van der Waals surface area contributed by atoms with Gasteiger partial charge in [-0.1, -0.05) is 147 Å². The molecule has 0 aromatic carbocycles. The molecule has 0 N–H and O–H groups in total. The van der Waals surface area contributed by atoms with Crippen molar-refractivity contribution in [3.8, 4) is 0 Å². The molecule has 2 aliphatic carbocycles. The van der Waals surface area contributed by atoms with E-state index in [9.17, 15) is 0 Å². The van der Waals surface area contributed by atoms with Gasteiger partial charge in [-0.25, -0.2) is 0 Å². The molecule has 1 unspecified atom stereocenters. The Kier molecular flexibility index (Phi) is 13.4. The zero-order chi connectivity index (χ0) is 29.8. The molecular formula is C40H58.